The Morgan fingerprint density at radius 1 is 0.682 bits per heavy atom. The van der Waals surface area contributed by atoms with Crippen LogP contribution in [0.2, 0.25) is 0 Å². The third-order valence-electron chi connectivity index (χ3n) is 2.90. The molecule has 0 bridgehead atoms. The van der Waals surface area contributed by atoms with Crippen LogP contribution in [0.5, 0.6) is 5.75 Å². The van der Waals surface area contributed by atoms with Gasteiger partial charge in [-0.15, -0.1) is 0 Å². The van der Waals surface area contributed by atoms with E-state index in [4.69, 9.17) is 5.11 Å². The molecule has 0 aromatic heterocycles. The first-order chi connectivity index (χ1) is 10.8. The van der Waals surface area contributed by atoms with Gasteiger partial charge in [0.05, 0.1) is 5.56 Å². The van der Waals surface area contributed by atoms with Gasteiger partial charge < -0.3 is 5.11 Å². The molecule has 3 aromatic rings. The van der Waals surface area contributed by atoms with Gasteiger partial charge >= 0.3 is 91.1 Å². The minimum absolute atomic E-state index is 0.0347. The van der Waals surface area contributed by atoms with Crippen LogP contribution in [-0.2, 0) is 0 Å². The van der Waals surface area contributed by atoms with E-state index in [1.54, 1.807) is 24.4 Å². The van der Waals surface area contributed by atoms with Gasteiger partial charge in [-0.2, -0.15) is 0 Å². The summed E-state index contributed by atoms with van der Waals surface area (Å²) in [6.45, 7) is 0. The van der Waals surface area contributed by atoms with Crippen LogP contribution in [0.15, 0.2) is 84.9 Å². The molecule has 3 aromatic carbocycles. The molecular weight excluding hydrogens is 467 g/mol. The first kappa shape index (κ1) is 16.4. The fraction of sp³-hybridized carbons (Fsp3) is 0. The minimum atomic E-state index is -0.740. The number of aromatic hydroxyl groups is 1. The average Bonchev–Trinajstić information content (AvgIpc) is 2.58. The number of aldehydes is 1. The summed E-state index contributed by atoms with van der Waals surface area (Å²) in [5, 5.41) is 8.88. The monoisotopic (exact) mass is 484 g/mol. The maximum atomic E-state index is 10.1. The number of carbonyl (C=O) groups is 1. The molecule has 0 saturated heterocycles. The zero-order valence-electron chi connectivity index (χ0n) is 12.0. The molecule has 0 atom stereocenters. The second-order valence-corrected chi connectivity index (χ2v) is 9.99. The third-order valence-corrected chi connectivity index (χ3v) is 7.74. The Kier molecular flexibility index (Phi) is 6.83. The van der Waals surface area contributed by atoms with E-state index in [0.29, 0.717) is 11.8 Å². The summed E-state index contributed by atoms with van der Waals surface area (Å²) in [7, 11) is 0. The summed E-state index contributed by atoms with van der Waals surface area (Å²) < 4.78 is 3.13. The van der Waals surface area contributed by atoms with Crippen molar-refractivity contribution in [1.29, 1.82) is 0 Å². The van der Waals surface area contributed by atoms with E-state index in [1.807, 2.05) is 0 Å². The van der Waals surface area contributed by atoms with E-state index in [0.717, 1.165) is 0 Å². The van der Waals surface area contributed by atoms with Crippen LogP contribution in [0.25, 0.3) is 0 Å². The van der Waals surface area contributed by atoms with Crippen molar-refractivity contribution >= 4 is 36.8 Å². The molecule has 0 aliphatic rings. The Balaban J connectivity index is 0.000000172. The quantitative estimate of drug-likeness (QED) is 0.459. The van der Waals surface area contributed by atoms with Gasteiger partial charge in [-0.05, 0) is 12.1 Å². The van der Waals surface area contributed by atoms with E-state index >= 15 is 0 Å². The first-order valence-corrected chi connectivity index (χ1v) is 10.8. The van der Waals surface area contributed by atoms with Crippen molar-refractivity contribution in [1.82, 2.24) is 0 Å². The summed E-state index contributed by atoms with van der Waals surface area (Å²) in [4.78, 5) is 10.1. The van der Waals surface area contributed by atoms with Crippen molar-refractivity contribution in [3.05, 3.63) is 90.5 Å². The Morgan fingerprint density at radius 2 is 1.14 bits per heavy atom. The van der Waals surface area contributed by atoms with Gasteiger partial charge in [0, 0.05) is 0 Å². The van der Waals surface area contributed by atoms with E-state index in [2.05, 4.69) is 60.7 Å². The molecule has 0 aliphatic carbocycles. The first-order valence-electron chi connectivity index (χ1n) is 6.90. The molecule has 0 heterocycles. The molecule has 0 unspecified atom stereocenters. The number of phenolic OH excluding ortho intramolecular Hbond substituents is 1. The maximum absolute atomic E-state index is 10.1. The molecule has 1 N–H and O–H groups in total. The van der Waals surface area contributed by atoms with Crippen molar-refractivity contribution in [2.45, 2.75) is 0 Å². The van der Waals surface area contributed by atoms with Crippen molar-refractivity contribution in [3.8, 4) is 5.75 Å². The van der Waals surface area contributed by atoms with Crippen LogP contribution in [0, 0.1) is 0 Å². The van der Waals surface area contributed by atoms with Crippen LogP contribution in [0.1, 0.15) is 10.4 Å². The Bertz CT molecular complexity index is 659. The molecule has 2 radical (unpaired) electrons. The topological polar surface area (TPSA) is 37.3 Å². The number of para-hydroxylation sites is 1. The zero-order valence-corrected chi connectivity index (χ0v) is 15.9. The third kappa shape index (κ3) is 5.44. The summed E-state index contributed by atoms with van der Waals surface area (Å²) in [5.74, 6) is 0.0347. The average molecular weight is 484 g/mol. The Hall–Kier alpha value is -1.95. The SMILES string of the molecule is O=Cc1ccccc1O.c1cc[c]([Pb][c]2ccccc2)cc1. The van der Waals surface area contributed by atoms with Crippen LogP contribution in [0.4, 0.5) is 0 Å². The molecular formula is C19H16O2Pb. The second kappa shape index (κ2) is 9.15. The van der Waals surface area contributed by atoms with Crippen LogP contribution in [-0.4, -0.2) is 35.6 Å². The molecule has 3 heteroatoms. The molecule has 22 heavy (non-hydrogen) atoms. The number of hydrogen-bond donors (Lipinski definition) is 1. The molecule has 0 aliphatic heterocycles. The van der Waals surface area contributed by atoms with E-state index in [-0.39, 0.29) is 5.75 Å². The second-order valence-electron chi connectivity index (χ2n) is 4.53. The number of phenols is 1. The number of benzene rings is 3. The molecule has 0 amide bonds. The fourth-order valence-electron chi connectivity index (χ4n) is 1.80. The molecule has 3 rings (SSSR count). The Labute approximate surface area is 142 Å². The summed E-state index contributed by atoms with van der Waals surface area (Å²) >= 11 is -0.740. The molecule has 0 fully saturated rings. The van der Waals surface area contributed by atoms with Gasteiger partial charge in [0.2, 0.25) is 0 Å². The van der Waals surface area contributed by atoms with Gasteiger partial charge in [-0.1, -0.05) is 12.1 Å². The van der Waals surface area contributed by atoms with E-state index in [9.17, 15) is 4.79 Å². The standard InChI is InChI=1S/C7H6O2.2C6H5.Pb/c8-5-6-3-1-2-4-7(6)9;2*1-2-4-6-5-3-1;/h1-5,9H;2*1-5H;. The van der Waals surface area contributed by atoms with Gasteiger partial charge in [0.1, 0.15) is 5.75 Å². The predicted octanol–water partition coefficient (Wildman–Crippen LogP) is 2.55. The van der Waals surface area contributed by atoms with Crippen molar-refractivity contribution < 1.29 is 9.90 Å². The fourth-order valence-corrected chi connectivity index (χ4v) is 5.88. The number of carbonyl (C=O) groups excluding carboxylic acids is 1. The molecule has 2 nitrogen and oxygen atoms in total. The summed E-state index contributed by atoms with van der Waals surface area (Å²) in [6.07, 6.45) is 0.620. The van der Waals surface area contributed by atoms with Crippen LogP contribution in [0.3, 0.4) is 0 Å². The van der Waals surface area contributed by atoms with E-state index in [1.165, 1.54) is 6.07 Å². The van der Waals surface area contributed by atoms with Crippen molar-refractivity contribution in [2.75, 3.05) is 0 Å². The normalized spacial score (nSPS) is 9.45. The molecule has 0 saturated carbocycles. The van der Waals surface area contributed by atoms with Gasteiger partial charge in [0.25, 0.3) is 0 Å². The predicted molar refractivity (Wildman–Crippen MR) is 91.4 cm³/mol. The van der Waals surface area contributed by atoms with Crippen LogP contribution >= 0.6 is 0 Å². The van der Waals surface area contributed by atoms with Crippen molar-refractivity contribution in [2.24, 2.45) is 0 Å². The van der Waals surface area contributed by atoms with E-state index < -0.39 is 24.2 Å². The Morgan fingerprint density at radius 3 is 1.55 bits per heavy atom. The summed E-state index contributed by atoms with van der Waals surface area (Å²) in [5.41, 5.74) is 0.331. The van der Waals surface area contributed by atoms with Gasteiger partial charge in [-0.3, -0.25) is 4.79 Å². The zero-order chi connectivity index (χ0) is 15.6. The number of hydrogen-bond acceptors (Lipinski definition) is 2. The molecule has 108 valence electrons. The van der Waals surface area contributed by atoms with Gasteiger partial charge in [-0.25, -0.2) is 0 Å². The van der Waals surface area contributed by atoms with Crippen LogP contribution < -0.4 is 6.25 Å². The number of rotatable bonds is 3. The summed E-state index contributed by atoms with van der Waals surface area (Å²) in [6, 6.07) is 28.1. The molecule has 0 spiro atoms. The van der Waals surface area contributed by atoms with Gasteiger partial charge in [0.15, 0.2) is 6.29 Å². The van der Waals surface area contributed by atoms with Crippen molar-refractivity contribution in [3.63, 3.8) is 0 Å².